The lowest BCUT2D eigenvalue weighted by atomic mass is 9.97. The lowest BCUT2D eigenvalue weighted by molar-refractivity contribution is 0.443. The number of nitrogens with zero attached hydrogens (tertiary/aromatic N) is 2. The first-order chi connectivity index (χ1) is 8.06. The van der Waals surface area contributed by atoms with Crippen LogP contribution >= 0.6 is 0 Å². The molecule has 1 aromatic heterocycles. The van der Waals surface area contributed by atoms with Gasteiger partial charge in [0.2, 0.25) is 0 Å². The third kappa shape index (κ3) is 3.35. The van der Waals surface area contributed by atoms with Crippen LogP contribution in [0.25, 0.3) is 0 Å². The van der Waals surface area contributed by atoms with Crippen LogP contribution in [-0.4, -0.2) is 24.6 Å². The van der Waals surface area contributed by atoms with E-state index >= 15 is 0 Å². The van der Waals surface area contributed by atoms with E-state index in [2.05, 4.69) is 42.0 Å². The summed E-state index contributed by atoms with van der Waals surface area (Å²) >= 11 is 0. The fraction of sp³-hybridized carbons (Fsp3) is 0.643. The minimum absolute atomic E-state index is 0.290. The Hall–Kier alpha value is -1.25. The summed E-state index contributed by atoms with van der Waals surface area (Å²) in [5, 5.41) is 3.53. The van der Waals surface area contributed by atoms with Crippen molar-refractivity contribution in [3.8, 4) is 0 Å². The highest BCUT2D eigenvalue weighted by Crippen LogP contribution is 2.27. The van der Waals surface area contributed by atoms with Crippen LogP contribution in [0.2, 0.25) is 0 Å². The number of hydrogen-bond acceptors (Lipinski definition) is 3. The minimum atomic E-state index is 0.290. The van der Waals surface area contributed by atoms with Crippen LogP contribution in [0.5, 0.6) is 0 Å². The second-order valence-corrected chi connectivity index (χ2v) is 5.98. The molecule has 1 aliphatic heterocycles. The number of nitrogens with one attached hydrogen (secondary N) is 1. The van der Waals surface area contributed by atoms with Gasteiger partial charge < -0.3 is 10.2 Å². The van der Waals surface area contributed by atoms with Crippen LogP contribution in [0.1, 0.15) is 33.6 Å². The summed E-state index contributed by atoms with van der Waals surface area (Å²) in [6.45, 7) is 9.98. The smallest absolute Gasteiger partial charge is 0.151 e. The Balaban J connectivity index is 2.10. The number of aromatic nitrogens is 1. The molecule has 0 amide bonds. The van der Waals surface area contributed by atoms with Crippen LogP contribution in [0.3, 0.4) is 0 Å². The van der Waals surface area contributed by atoms with Crippen molar-refractivity contribution in [3.05, 3.63) is 18.3 Å². The zero-order valence-electron chi connectivity index (χ0n) is 11.2. The fourth-order valence-corrected chi connectivity index (χ4v) is 2.08. The van der Waals surface area contributed by atoms with Gasteiger partial charge in [0.05, 0.1) is 5.69 Å². The summed E-state index contributed by atoms with van der Waals surface area (Å²) in [7, 11) is 0. The first kappa shape index (κ1) is 12.2. The summed E-state index contributed by atoms with van der Waals surface area (Å²) in [5.74, 6) is 1.12. The quantitative estimate of drug-likeness (QED) is 0.869. The maximum atomic E-state index is 4.52. The van der Waals surface area contributed by atoms with Crippen LogP contribution in [-0.2, 0) is 0 Å². The van der Waals surface area contributed by atoms with Crippen molar-refractivity contribution in [1.82, 2.24) is 4.98 Å². The number of pyridine rings is 1. The molecule has 2 heterocycles. The van der Waals surface area contributed by atoms with Gasteiger partial charge in [0.15, 0.2) is 5.82 Å². The molecule has 0 saturated carbocycles. The largest absolute Gasteiger partial charge is 0.382 e. The van der Waals surface area contributed by atoms with E-state index in [1.807, 2.05) is 12.3 Å². The van der Waals surface area contributed by atoms with Crippen LogP contribution in [0.4, 0.5) is 11.5 Å². The number of anilines is 2. The molecule has 17 heavy (non-hydrogen) atoms. The molecular formula is C14H23N3. The molecule has 1 aromatic rings. The monoisotopic (exact) mass is 233 g/mol. The molecular weight excluding hydrogens is 210 g/mol. The van der Waals surface area contributed by atoms with Crippen LogP contribution in [0, 0.1) is 5.41 Å². The normalized spacial score (nSPS) is 16.3. The average Bonchev–Trinajstić information content (AvgIpc) is 2.79. The van der Waals surface area contributed by atoms with Crippen molar-refractivity contribution >= 4 is 11.5 Å². The highest BCUT2D eigenvalue weighted by Gasteiger charge is 2.17. The number of rotatable bonds is 3. The Labute approximate surface area is 104 Å². The Morgan fingerprint density at radius 1 is 1.29 bits per heavy atom. The molecule has 0 atom stereocenters. The first-order valence-electron chi connectivity index (χ1n) is 6.50. The van der Waals surface area contributed by atoms with Crippen molar-refractivity contribution in [2.24, 2.45) is 5.41 Å². The second kappa shape index (κ2) is 4.94. The average molecular weight is 233 g/mol. The molecule has 0 radical (unpaired) electrons. The van der Waals surface area contributed by atoms with Crippen molar-refractivity contribution in [1.29, 1.82) is 0 Å². The molecule has 0 spiro atoms. The molecule has 3 heteroatoms. The summed E-state index contributed by atoms with van der Waals surface area (Å²) in [5.41, 5.74) is 1.46. The molecule has 94 valence electrons. The molecule has 0 aliphatic carbocycles. The predicted octanol–water partition coefficient (Wildman–Crippen LogP) is 3.14. The van der Waals surface area contributed by atoms with E-state index in [-0.39, 0.29) is 5.41 Å². The van der Waals surface area contributed by atoms with E-state index in [4.69, 9.17) is 0 Å². The Morgan fingerprint density at radius 2 is 2.00 bits per heavy atom. The molecule has 1 aliphatic rings. The Bertz CT molecular complexity index is 362. The summed E-state index contributed by atoms with van der Waals surface area (Å²) < 4.78 is 0. The van der Waals surface area contributed by atoms with E-state index in [0.29, 0.717) is 0 Å². The summed E-state index contributed by atoms with van der Waals surface area (Å²) in [6.07, 6.45) is 4.46. The van der Waals surface area contributed by atoms with Gasteiger partial charge >= 0.3 is 0 Å². The zero-order valence-corrected chi connectivity index (χ0v) is 11.2. The fourth-order valence-electron chi connectivity index (χ4n) is 2.08. The van der Waals surface area contributed by atoms with Gasteiger partial charge in [0.1, 0.15) is 0 Å². The Kier molecular flexibility index (Phi) is 3.55. The highest BCUT2D eigenvalue weighted by molar-refractivity contribution is 5.65. The zero-order chi connectivity index (χ0) is 12.3. The second-order valence-electron chi connectivity index (χ2n) is 5.98. The molecule has 1 N–H and O–H groups in total. The third-order valence-corrected chi connectivity index (χ3v) is 3.00. The summed E-state index contributed by atoms with van der Waals surface area (Å²) in [6, 6.07) is 4.14. The van der Waals surface area contributed by atoms with E-state index < -0.39 is 0 Å². The molecule has 3 nitrogen and oxygen atoms in total. The Morgan fingerprint density at radius 3 is 2.65 bits per heavy atom. The van der Waals surface area contributed by atoms with Gasteiger partial charge in [-0.25, -0.2) is 4.98 Å². The number of hydrogen-bond donors (Lipinski definition) is 1. The van der Waals surface area contributed by atoms with Gasteiger partial charge in [-0.05, 0) is 30.4 Å². The molecule has 0 aromatic carbocycles. The maximum Gasteiger partial charge on any atom is 0.151 e. The first-order valence-corrected chi connectivity index (χ1v) is 6.50. The standard InChI is InChI=1S/C14H23N3/c1-14(2,3)11-16-12-7-6-8-15-13(12)17-9-4-5-10-17/h6-8,16H,4-5,9-11H2,1-3H3. The predicted molar refractivity (Wildman–Crippen MR) is 73.6 cm³/mol. The van der Waals surface area contributed by atoms with Crippen molar-refractivity contribution in [3.63, 3.8) is 0 Å². The van der Waals surface area contributed by atoms with Gasteiger partial charge in [-0.1, -0.05) is 20.8 Å². The van der Waals surface area contributed by atoms with Crippen molar-refractivity contribution in [2.75, 3.05) is 29.9 Å². The van der Waals surface area contributed by atoms with Crippen LogP contribution in [0.15, 0.2) is 18.3 Å². The minimum Gasteiger partial charge on any atom is -0.382 e. The SMILES string of the molecule is CC(C)(C)CNc1cccnc1N1CCCC1. The van der Waals surface area contributed by atoms with Crippen molar-refractivity contribution in [2.45, 2.75) is 33.6 Å². The van der Waals surface area contributed by atoms with Gasteiger partial charge in [0.25, 0.3) is 0 Å². The van der Waals surface area contributed by atoms with E-state index in [0.717, 1.165) is 25.5 Å². The van der Waals surface area contributed by atoms with Gasteiger partial charge in [-0.3, -0.25) is 0 Å². The topological polar surface area (TPSA) is 28.2 Å². The molecule has 2 rings (SSSR count). The van der Waals surface area contributed by atoms with Gasteiger partial charge in [-0.2, -0.15) is 0 Å². The maximum absolute atomic E-state index is 4.52. The lowest BCUT2D eigenvalue weighted by Gasteiger charge is -2.24. The van der Waals surface area contributed by atoms with E-state index in [9.17, 15) is 0 Å². The molecule has 0 bridgehead atoms. The van der Waals surface area contributed by atoms with Gasteiger partial charge in [0, 0.05) is 25.8 Å². The summed E-state index contributed by atoms with van der Waals surface area (Å²) in [4.78, 5) is 6.90. The van der Waals surface area contributed by atoms with E-state index in [1.165, 1.54) is 18.5 Å². The molecule has 1 fully saturated rings. The van der Waals surface area contributed by atoms with Crippen LogP contribution < -0.4 is 10.2 Å². The van der Waals surface area contributed by atoms with Crippen molar-refractivity contribution < 1.29 is 0 Å². The molecule has 1 saturated heterocycles. The van der Waals surface area contributed by atoms with E-state index in [1.54, 1.807) is 0 Å². The third-order valence-electron chi connectivity index (χ3n) is 3.00. The molecule has 0 unspecified atom stereocenters. The lowest BCUT2D eigenvalue weighted by Crippen LogP contribution is -2.23. The van der Waals surface area contributed by atoms with Gasteiger partial charge in [-0.15, -0.1) is 0 Å². The highest BCUT2D eigenvalue weighted by atomic mass is 15.2.